The summed E-state index contributed by atoms with van der Waals surface area (Å²) in [5.74, 6) is 78.9. The van der Waals surface area contributed by atoms with Crippen LogP contribution < -0.4 is 0 Å². The Bertz CT molecular complexity index is 3910. The molecule has 31 unspecified atom stereocenters. The Labute approximate surface area is 866 Å². The summed E-state index contributed by atoms with van der Waals surface area (Å²) in [5.41, 5.74) is 0.921. The smallest absolute Gasteiger partial charge is 0.0266 e. The van der Waals surface area contributed by atoms with Crippen molar-refractivity contribution in [2.24, 2.45) is 384 Å². The molecule has 56 rings (SSSR count). The monoisotopic (exact) mass is 1910 g/mol. The molecule has 31 atom stereocenters. The molecule has 0 amide bonds. The normalized spacial score (nSPS) is 63.3. The molecule has 0 aromatic carbocycles. The highest BCUT2D eigenvalue weighted by molar-refractivity contribution is 5.44. The van der Waals surface area contributed by atoms with Gasteiger partial charge >= 0.3 is 0 Å². The van der Waals surface area contributed by atoms with Gasteiger partial charge in [-0.05, 0) is 712 Å². The van der Waals surface area contributed by atoms with E-state index in [0.29, 0.717) is 0 Å². The molecule has 56 saturated carbocycles. The van der Waals surface area contributed by atoms with Crippen LogP contribution in [-0.2, 0) is 0 Å². The average molecular weight is 1910 g/mol. The van der Waals surface area contributed by atoms with Gasteiger partial charge in [-0.25, -0.2) is 0 Å². The first-order chi connectivity index (χ1) is 69.7. The van der Waals surface area contributed by atoms with E-state index in [9.17, 15) is 0 Å². The van der Waals surface area contributed by atoms with E-state index in [1.54, 1.807) is 443 Å². The molecule has 56 aliphatic carbocycles. The molecule has 56 fully saturated rings. The van der Waals surface area contributed by atoms with Crippen LogP contribution in [0.4, 0.5) is 0 Å². The standard InChI is InChI=1S/C12H18.C12H22.C11H14.C11H18.C11H20.3C10H16.2C9H14.C8H8.C8H12.2C7H10.C6H8/c1-2-8-5-7(1)11-9-3-4-10(6-9)12(8)11;1-2-6-12-9-3-7-11(5-1)8-4-10-12;1-4-5-2-9-8(1)10-6(4)3-7(5)11(9)10;1-2-4-10-9-5-6-11(10)8(3-1)7-9;1-4-10-6-2-7-11(5-1)9-3-8-10;1-7-2-9-4-8(1)5-10(3-7)6-9;1-2-9-6-8-3-5-10(9,4-1)7-8;1-2-9-7-4-5-8(6-7)10(9)3-1;1-6-2-8-4-7(1)5-9(8)3-6;1-2-7-5-6(1)8-3-4-9(7)8;1-2-5-3(1)7-4(1)6(2)8(5)7;1-2-6-3-5(1)7-4-8(6)7;1-4-2-6-5(1)7(6)3-4;1-2-4-6-5(3-1)7(4)6;1-2-4-5-3(1)6(4)5/h7-12H,1-6H2;11-12H,1-10H2;4-11H,1-3H2;8-11H,1-7H2;10-11H,1-9H2;7-10H,1-6H2;8-9H,1-7H2;7-10H,1-6H2;2*6-9H,1-5H2;1-8H;5-8H,1-4H2;2*4-7H,1-3H2;3-6H,1-2H2. The first-order valence-corrected chi connectivity index (χ1v) is 69.7. The maximum Gasteiger partial charge on any atom is -0.0266 e. The predicted octanol–water partition coefficient (Wildman–Crippen LogP) is 37.5. The van der Waals surface area contributed by atoms with Crippen molar-refractivity contribution in [3.05, 3.63) is 0 Å². The largest absolute Gasteiger partial charge is 0.0530 e. The average Bonchev–Trinajstić information content (AvgIpc) is 1.05. The molecule has 0 N–H and O–H groups in total. The fourth-order valence-corrected chi connectivity index (χ4v) is 58.2. The molecule has 0 heterocycles. The van der Waals surface area contributed by atoms with Gasteiger partial charge in [0.05, 0.1) is 0 Å². The zero-order chi connectivity index (χ0) is 91.2. The molecule has 0 radical (unpaired) electrons. The Balaban J connectivity index is 0.0000000659. The molecule has 0 aromatic heterocycles. The molecule has 1 spiro atoms. The third-order valence-corrected chi connectivity index (χ3v) is 63.4. The predicted molar refractivity (Wildman–Crippen MR) is 577 cm³/mol. The van der Waals surface area contributed by atoms with Crippen LogP contribution in [-0.4, -0.2) is 0 Å². The van der Waals surface area contributed by atoms with Crippen LogP contribution in [0.2, 0.25) is 0 Å². The summed E-state index contributed by atoms with van der Waals surface area (Å²) < 4.78 is 0. The second kappa shape index (κ2) is 36.0. The molecule has 141 heavy (non-hydrogen) atoms. The number of rotatable bonds is 0. The minimum absolute atomic E-state index is 0.921. The molecular weight excluding hydrogens is 1690 g/mol. The lowest BCUT2D eigenvalue weighted by atomic mass is 9.01. The zero-order valence-electron chi connectivity index (χ0n) is 91.2. The summed E-state index contributed by atoms with van der Waals surface area (Å²) in [6.07, 6.45) is 121. The molecule has 0 heteroatoms. The van der Waals surface area contributed by atoms with Gasteiger partial charge in [0.1, 0.15) is 0 Å². The topological polar surface area (TPSA) is 0 Å². The van der Waals surface area contributed by atoms with E-state index < -0.39 is 0 Å². The van der Waals surface area contributed by atoms with Crippen molar-refractivity contribution in [1.29, 1.82) is 0 Å². The molecule has 0 aromatic rings. The van der Waals surface area contributed by atoms with Crippen LogP contribution in [0.1, 0.15) is 488 Å². The molecule has 0 nitrogen and oxygen atoms in total. The maximum absolute atomic E-state index is 1.68. The van der Waals surface area contributed by atoms with Gasteiger partial charge in [0.25, 0.3) is 0 Å². The lowest BCUT2D eigenvalue weighted by molar-refractivity contribution is -0.565. The molecule has 780 valence electrons. The highest BCUT2D eigenvalue weighted by atomic mass is 15.0. The highest BCUT2D eigenvalue weighted by Crippen LogP contribution is 3.01. The summed E-state index contributed by atoms with van der Waals surface area (Å²) >= 11 is 0. The van der Waals surface area contributed by atoms with Gasteiger partial charge in [-0.3, -0.25) is 0 Å². The molecule has 56 aliphatic rings. The van der Waals surface area contributed by atoms with Crippen molar-refractivity contribution in [2.45, 2.75) is 488 Å². The van der Waals surface area contributed by atoms with Crippen LogP contribution in [0.5, 0.6) is 0 Å². The van der Waals surface area contributed by atoms with Crippen LogP contribution >= 0.6 is 0 Å². The summed E-state index contributed by atoms with van der Waals surface area (Å²) in [6.45, 7) is 0. The van der Waals surface area contributed by atoms with E-state index in [0.717, 1.165) is 29.1 Å². The van der Waals surface area contributed by atoms with Crippen molar-refractivity contribution < 1.29 is 0 Å². The van der Waals surface area contributed by atoms with Crippen molar-refractivity contribution in [1.82, 2.24) is 0 Å². The van der Waals surface area contributed by atoms with E-state index in [1.165, 1.54) is 400 Å². The second-order valence-corrected chi connectivity index (χ2v) is 67.5. The Morgan fingerprint density at radius 3 is 0.681 bits per heavy atom. The minimum Gasteiger partial charge on any atom is -0.0530 e. The third-order valence-electron chi connectivity index (χ3n) is 63.4. The Kier molecular flexibility index (Phi) is 23.3. The van der Waals surface area contributed by atoms with Crippen LogP contribution in [0.25, 0.3) is 0 Å². The van der Waals surface area contributed by atoms with Crippen molar-refractivity contribution in [2.75, 3.05) is 0 Å². The van der Waals surface area contributed by atoms with Crippen molar-refractivity contribution >= 4 is 0 Å². The Hall–Kier alpha value is 0. The van der Waals surface area contributed by atoms with Gasteiger partial charge in [-0.1, -0.05) is 161 Å². The lowest BCUT2D eigenvalue weighted by Gasteiger charge is -3.03. The van der Waals surface area contributed by atoms with Gasteiger partial charge < -0.3 is 0 Å². The summed E-state index contributed by atoms with van der Waals surface area (Å²) in [4.78, 5) is 0. The first kappa shape index (κ1) is 91.3. The maximum atomic E-state index is 1.68. The first-order valence-electron chi connectivity index (χ1n) is 69.7. The van der Waals surface area contributed by atoms with Crippen LogP contribution in [0.15, 0.2) is 0 Å². The third kappa shape index (κ3) is 15.4. The van der Waals surface area contributed by atoms with Gasteiger partial charge in [-0.15, -0.1) is 0 Å². The van der Waals surface area contributed by atoms with E-state index in [-0.39, 0.29) is 0 Å². The lowest BCUT2D eigenvalue weighted by Crippen LogP contribution is -3.00. The zero-order valence-corrected chi connectivity index (χ0v) is 91.2. The van der Waals surface area contributed by atoms with E-state index in [4.69, 9.17) is 0 Å². The van der Waals surface area contributed by atoms with Gasteiger partial charge in [-0.2, -0.15) is 0 Å². The quantitative estimate of drug-likeness (QED) is 0.212. The van der Waals surface area contributed by atoms with Crippen molar-refractivity contribution in [3.63, 3.8) is 0 Å². The second-order valence-electron chi connectivity index (χ2n) is 67.5. The summed E-state index contributed by atoms with van der Waals surface area (Å²) in [7, 11) is 0. The summed E-state index contributed by atoms with van der Waals surface area (Å²) in [5, 5.41) is 0. The Morgan fingerprint density at radius 2 is 0.348 bits per heavy atom. The van der Waals surface area contributed by atoms with E-state index in [2.05, 4.69) is 0 Å². The fourth-order valence-electron chi connectivity index (χ4n) is 58.2. The van der Waals surface area contributed by atoms with Crippen molar-refractivity contribution in [3.8, 4) is 0 Å². The molecule has 0 saturated heterocycles. The van der Waals surface area contributed by atoms with E-state index in [1.807, 2.05) is 0 Å². The number of hydrogen-bond donors (Lipinski definition) is 0. The van der Waals surface area contributed by atoms with Gasteiger partial charge in [0, 0.05) is 0 Å². The SMILES string of the molecule is C12C3C4C1C1C2C3C41.C1C2C3CC4C5CC3C1C5C24.C1C2CC3C1C3C2.C1C2CC3CC1CC(C2)C3.C1C2CC3CC1CC3C2.C1CC2C3C(C1)C23.C1CC2C3C1C23.C1CC2C3CCC(C3)C2C1.C1CC2CC1C1C3CCC(C3)C21.C1CC2CC1C1CC21.C1CC2CC1C1CCC21.C1CC2CC3CCC2(C1)C3.C1CC2CCCC(C1)CCC2.C1CCC2C3CCC2C(C1)C3.C1CCC2CCCC(C1)CCC2. The van der Waals surface area contributed by atoms with Crippen LogP contribution in [0, 0.1) is 384 Å². The Morgan fingerprint density at radius 1 is 0.0993 bits per heavy atom. The fraction of sp³-hybridized carbons (Fsp3) is 1.00. The van der Waals surface area contributed by atoms with Crippen LogP contribution in [0.3, 0.4) is 0 Å². The minimum atomic E-state index is 0.921. The van der Waals surface area contributed by atoms with Gasteiger partial charge in [0.15, 0.2) is 0 Å². The molecule has 38 bridgehead atoms. The van der Waals surface area contributed by atoms with Gasteiger partial charge in [0.2, 0.25) is 0 Å². The highest BCUT2D eigenvalue weighted by Gasteiger charge is 2.98. The summed E-state index contributed by atoms with van der Waals surface area (Å²) in [6, 6.07) is 0. The molecular formula is C141H216. The van der Waals surface area contributed by atoms with E-state index >= 15 is 0 Å². The number of hydrogen-bond acceptors (Lipinski definition) is 0. The number of fused-ring (bicyclic) bond motifs is 43. The molecule has 0 aliphatic heterocycles.